The predicted molar refractivity (Wildman–Crippen MR) is 51.5 cm³/mol. The van der Waals surface area contributed by atoms with Gasteiger partial charge in [-0.25, -0.2) is 0 Å². The third kappa shape index (κ3) is 3.24. The Labute approximate surface area is 96.1 Å². The van der Waals surface area contributed by atoms with Crippen LogP contribution in [-0.2, 0) is 4.74 Å². The van der Waals surface area contributed by atoms with E-state index in [1.54, 1.807) is 0 Å². The Morgan fingerprint density at radius 3 is 3.42 bits per heavy atom. The third-order valence-electron chi connectivity index (χ3n) is 0.817. The zero-order chi connectivity index (χ0) is 18.4. The summed E-state index contributed by atoms with van der Waals surface area (Å²) in [6, 6.07) is -2.62. The van der Waals surface area contributed by atoms with Crippen molar-refractivity contribution in [3.63, 3.8) is 0 Å². The van der Waals surface area contributed by atoms with Gasteiger partial charge in [-0.1, -0.05) is 22.0 Å². The molecule has 0 bridgehead atoms. The average molecular weight is 242 g/mol. The van der Waals surface area contributed by atoms with Crippen LogP contribution in [0.3, 0.4) is 0 Å². The van der Waals surface area contributed by atoms with Crippen molar-refractivity contribution < 1.29 is 24.6 Å². The number of hydrogen-bond donors (Lipinski definition) is 0. The Bertz CT molecular complexity index is 583. The molecule has 1 rings (SSSR count). The van der Waals surface area contributed by atoms with Crippen molar-refractivity contribution in [3.8, 4) is 5.75 Å². The second-order valence-electron chi connectivity index (χ2n) is 1.55. The van der Waals surface area contributed by atoms with E-state index >= 15 is 0 Å². The lowest BCUT2D eigenvalue weighted by Gasteiger charge is -2.04. The second kappa shape index (κ2) is 5.17. The van der Waals surface area contributed by atoms with Gasteiger partial charge in [0.1, 0.15) is 12.3 Å². The molecule has 0 atom stereocenters. The summed E-state index contributed by atoms with van der Waals surface area (Å²) in [5.41, 5.74) is 0. The molecule has 1 aromatic rings. The maximum Gasteiger partial charge on any atom is 0.120 e. The highest BCUT2D eigenvalue weighted by Gasteiger charge is 1.92. The molecule has 12 heavy (non-hydrogen) atoms. The SMILES string of the molecule is [2H]c1c([2H])c(Br)c([2H])c(OC([2H])([2H])C([2H])([2H])OC([2H])([2H])[2H])c1[2H]. The van der Waals surface area contributed by atoms with E-state index in [0.29, 0.717) is 0 Å². The molecule has 2 nitrogen and oxygen atoms in total. The molecule has 0 heterocycles. The molecule has 0 fully saturated rings. The van der Waals surface area contributed by atoms with Crippen molar-refractivity contribution in [1.29, 1.82) is 0 Å². The van der Waals surface area contributed by atoms with Gasteiger partial charge in [0.25, 0.3) is 0 Å². The molecular formula is C9H11BrO2. The lowest BCUT2D eigenvalue weighted by molar-refractivity contribution is 0.146. The zero-order valence-corrected chi connectivity index (χ0v) is 7.28. The van der Waals surface area contributed by atoms with E-state index in [0.717, 1.165) is 0 Å². The van der Waals surface area contributed by atoms with Crippen molar-refractivity contribution in [1.82, 2.24) is 0 Å². The van der Waals surface area contributed by atoms with Crippen molar-refractivity contribution in [2.75, 3.05) is 20.2 Å². The molecule has 0 saturated heterocycles. The highest BCUT2D eigenvalue weighted by Crippen LogP contribution is 2.17. The van der Waals surface area contributed by atoms with E-state index in [1.807, 2.05) is 0 Å². The van der Waals surface area contributed by atoms with Gasteiger partial charge < -0.3 is 9.47 Å². The standard InChI is InChI=1S/C9H11BrO2/c1-11-5-6-12-9-4-2-3-8(10)7-9/h2-4,7H,5-6H2,1H3/i1D3,2D,3D,4D,5D2,6D2,7D. The highest BCUT2D eigenvalue weighted by molar-refractivity contribution is 9.10. The summed E-state index contributed by atoms with van der Waals surface area (Å²) >= 11 is 2.83. The van der Waals surface area contributed by atoms with Gasteiger partial charge in [-0.05, 0) is 18.1 Å². The minimum Gasteiger partial charge on any atom is -0.491 e. The van der Waals surface area contributed by atoms with Crippen LogP contribution in [0.4, 0.5) is 0 Å². The highest BCUT2D eigenvalue weighted by atomic mass is 79.9. The molecule has 3 heteroatoms. The molecule has 0 N–H and O–H groups in total. The van der Waals surface area contributed by atoms with E-state index in [2.05, 4.69) is 25.4 Å². The zero-order valence-electron chi connectivity index (χ0n) is 16.7. The first-order chi connectivity index (χ1) is 10.1. The number of hydrogen-bond acceptors (Lipinski definition) is 2. The Morgan fingerprint density at radius 2 is 2.58 bits per heavy atom. The Morgan fingerprint density at radius 1 is 1.67 bits per heavy atom. The maximum atomic E-state index is 7.70. The van der Waals surface area contributed by atoms with Gasteiger partial charge in [-0.15, -0.1) is 0 Å². The molecular weight excluding hydrogens is 220 g/mol. The summed E-state index contributed by atoms with van der Waals surface area (Å²) in [5, 5.41) is 0. The lowest BCUT2D eigenvalue weighted by atomic mass is 10.3. The van der Waals surface area contributed by atoms with Gasteiger partial charge in [-0.2, -0.15) is 0 Å². The summed E-state index contributed by atoms with van der Waals surface area (Å²) < 4.78 is 89.2. The Balaban J connectivity index is 3.31. The summed E-state index contributed by atoms with van der Waals surface area (Å²) in [4.78, 5) is 0. The molecule has 66 valence electrons. The third-order valence-corrected chi connectivity index (χ3v) is 1.21. The molecule has 0 aliphatic rings. The first kappa shape index (κ1) is 2.49. The largest absolute Gasteiger partial charge is 0.491 e. The quantitative estimate of drug-likeness (QED) is 0.807. The van der Waals surface area contributed by atoms with Gasteiger partial charge in [0.05, 0.1) is 21.6 Å². The van der Waals surface area contributed by atoms with Crippen LogP contribution in [0.2, 0.25) is 0 Å². The van der Waals surface area contributed by atoms with Crippen molar-refractivity contribution >= 4 is 15.9 Å². The van der Waals surface area contributed by atoms with Gasteiger partial charge in [0.15, 0.2) is 0 Å². The van der Waals surface area contributed by atoms with Crippen LogP contribution in [0.5, 0.6) is 5.75 Å². The smallest absolute Gasteiger partial charge is 0.120 e. The fraction of sp³-hybridized carbons (Fsp3) is 0.333. The Hall–Kier alpha value is -0.540. The summed E-state index contributed by atoms with van der Waals surface area (Å²) in [6.07, 6.45) is 0. The van der Waals surface area contributed by atoms with Crippen LogP contribution in [0.25, 0.3) is 0 Å². The second-order valence-corrected chi connectivity index (χ2v) is 2.34. The fourth-order valence-electron chi connectivity index (χ4n) is 0.449. The summed E-state index contributed by atoms with van der Waals surface area (Å²) in [7, 11) is -3.25. The number of methoxy groups -OCH3 is 1. The van der Waals surface area contributed by atoms with Crippen LogP contribution < -0.4 is 4.74 Å². The van der Waals surface area contributed by atoms with E-state index in [4.69, 9.17) is 15.1 Å². The monoisotopic (exact) mass is 241 g/mol. The first-order valence-electron chi connectivity index (χ1n) is 8.26. The molecule has 1 aromatic carbocycles. The number of halogens is 1. The Kier molecular flexibility index (Phi) is 1.07. The van der Waals surface area contributed by atoms with Gasteiger partial charge in [0, 0.05) is 11.5 Å². The van der Waals surface area contributed by atoms with Crippen LogP contribution >= 0.6 is 15.9 Å². The predicted octanol–water partition coefficient (Wildman–Crippen LogP) is 2.47. The van der Waals surface area contributed by atoms with E-state index < -0.39 is 50.1 Å². The summed E-state index contributed by atoms with van der Waals surface area (Å²) in [6.45, 7) is -6.83. The molecule has 0 aliphatic carbocycles. The minimum absolute atomic E-state index is 0.249. The molecule has 0 aliphatic heterocycles. The molecule has 0 saturated carbocycles. The van der Waals surface area contributed by atoms with Crippen LogP contribution in [0, 0.1) is 0 Å². The van der Waals surface area contributed by atoms with E-state index in [1.165, 1.54) is 0 Å². The molecule has 0 spiro atoms. The topological polar surface area (TPSA) is 18.5 Å². The molecule has 0 radical (unpaired) electrons. The van der Waals surface area contributed by atoms with Gasteiger partial charge in [0.2, 0.25) is 0 Å². The van der Waals surface area contributed by atoms with Crippen LogP contribution in [0.1, 0.15) is 15.1 Å². The van der Waals surface area contributed by atoms with Crippen LogP contribution in [0.15, 0.2) is 28.6 Å². The maximum absolute atomic E-state index is 7.70. The normalized spacial score (nSPS) is 26.6. The number of ether oxygens (including phenoxy) is 2. The van der Waals surface area contributed by atoms with Crippen molar-refractivity contribution in [2.24, 2.45) is 0 Å². The van der Waals surface area contributed by atoms with Crippen molar-refractivity contribution in [2.45, 2.75) is 0 Å². The van der Waals surface area contributed by atoms with Gasteiger partial charge in [-0.3, -0.25) is 0 Å². The molecule has 0 unspecified atom stereocenters. The number of benzene rings is 1. The fourth-order valence-corrected chi connectivity index (χ4v) is 0.728. The molecule has 0 amide bonds. The summed E-state index contributed by atoms with van der Waals surface area (Å²) in [5.74, 6) is -0.819. The number of rotatable bonds is 4. The van der Waals surface area contributed by atoms with Crippen LogP contribution in [-0.4, -0.2) is 20.2 Å². The average Bonchev–Trinajstić information content (AvgIpc) is 2.36. The first-order valence-corrected chi connectivity index (χ1v) is 3.55. The lowest BCUT2D eigenvalue weighted by Crippen LogP contribution is -2.03. The van der Waals surface area contributed by atoms with Gasteiger partial charge >= 0.3 is 0 Å². The van der Waals surface area contributed by atoms with E-state index in [9.17, 15) is 0 Å². The van der Waals surface area contributed by atoms with E-state index in [-0.39, 0.29) is 4.47 Å². The van der Waals surface area contributed by atoms with Crippen molar-refractivity contribution in [3.05, 3.63) is 28.6 Å². The molecule has 0 aromatic heterocycles. The minimum atomic E-state index is -3.44.